The normalized spacial score (nSPS) is 20.5. The van der Waals surface area contributed by atoms with Gasteiger partial charge in [0, 0.05) is 48.0 Å². The van der Waals surface area contributed by atoms with E-state index in [0.29, 0.717) is 30.3 Å². The summed E-state index contributed by atoms with van der Waals surface area (Å²) in [5, 5.41) is 6.38. The second-order valence-corrected chi connectivity index (χ2v) is 9.66. The summed E-state index contributed by atoms with van der Waals surface area (Å²) in [6, 6.07) is 9.73. The van der Waals surface area contributed by atoms with Gasteiger partial charge in [0.15, 0.2) is 0 Å². The Bertz CT molecular complexity index is 1100. The molecule has 1 aromatic carbocycles. The number of hydrogen-bond acceptors (Lipinski definition) is 3. The highest BCUT2D eigenvalue weighted by Gasteiger charge is 2.37. The van der Waals surface area contributed by atoms with E-state index in [1.807, 2.05) is 37.5 Å². The molecule has 2 N–H and O–H groups in total. The number of piperidine rings is 1. The number of urea groups is 1. The number of nitrogens with one attached hydrogen (secondary N) is 2. The van der Waals surface area contributed by atoms with Crippen molar-refractivity contribution in [3.05, 3.63) is 63.0 Å². The molecule has 2 aromatic rings. The van der Waals surface area contributed by atoms with Crippen molar-refractivity contribution in [2.75, 3.05) is 18.4 Å². The van der Waals surface area contributed by atoms with Crippen LogP contribution in [0.25, 0.3) is 0 Å². The summed E-state index contributed by atoms with van der Waals surface area (Å²) < 4.78 is 1.84. The molecule has 0 spiro atoms. The van der Waals surface area contributed by atoms with Gasteiger partial charge in [-0.05, 0) is 48.9 Å². The first-order valence-corrected chi connectivity index (χ1v) is 11.4. The average molecular weight is 457 g/mol. The number of benzene rings is 1. The van der Waals surface area contributed by atoms with Gasteiger partial charge >= 0.3 is 6.03 Å². The summed E-state index contributed by atoms with van der Waals surface area (Å²) in [6.45, 7) is 7.43. The van der Waals surface area contributed by atoms with Crippen molar-refractivity contribution in [1.29, 1.82) is 0 Å². The van der Waals surface area contributed by atoms with Crippen LogP contribution in [0.1, 0.15) is 37.4 Å². The first-order chi connectivity index (χ1) is 15.2. The number of hydrogen-bond donors (Lipinski definition) is 2. The van der Waals surface area contributed by atoms with Crippen LogP contribution in [0, 0.1) is 18.8 Å². The Balaban J connectivity index is 1.46. The summed E-state index contributed by atoms with van der Waals surface area (Å²) in [5.41, 5.74) is 2.54. The maximum absolute atomic E-state index is 13.1. The molecule has 1 saturated heterocycles. The first kappa shape index (κ1) is 22.4. The maximum Gasteiger partial charge on any atom is 0.318 e. The van der Waals surface area contributed by atoms with Gasteiger partial charge in [0.1, 0.15) is 6.04 Å². The molecular weight excluding hydrogens is 428 g/mol. The van der Waals surface area contributed by atoms with Crippen LogP contribution in [0.2, 0.25) is 5.02 Å². The highest BCUT2D eigenvalue weighted by Crippen LogP contribution is 2.35. The Morgan fingerprint density at radius 3 is 2.66 bits per heavy atom. The number of carbonyl (C=O) groups excluding carboxylic acids is 2. The van der Waals surface area contributed by atoms with E-state index in [0.717, 1.165) is 17.7 Å². The molecule has 2 bridgehead atoms. The fraction of sp³-hybridized carbons (Fsp3) is 0.458. The largest absolute Gasteiger partial charge is 0.326 e. The Morgan fingerprint density at radius 1 is 1.12 bits per heavy atom. The SMILES string of the molecule is Cc1ccc(Cl)cc1NC(=O)[C@@H](NC(=O)N1C[C@H]2C[C@@H](C1)c1cccc(=O)n1C2)C(C)C. The van der Waals surface area contributed by atoms with Gasteiger partial charge in [-0.3, -0.25) is 9.59 Å². The third-order valence-corrected chi connectivity index (χ3v) is 6.69. The number of aromatic nitrogens is 1. The molecule has 4 rings (SSSR count). The highest BCUT2D eigenvalue weighted by atomic mass is 35.5. The zero-order valence-electron chi connectivity index (χ0n) is 18.6. The van der Waals surface area contributed by atoms with Gasteiger partial charge in [0.25, 0.3) is 5.56 Å². The number of likely N-dealkylation sites (tertiary alicyclic amines) is 1. The highest BCUT2D eigenvalue weighted by molar-refractivity contribution is 6.31. The Labute approximate surface area is 192 Å². The number of halogens is 1. The van der Waals surface area contributed by atoms with E-state index >= 15 is 0 Å². The van der Waals surface area contributed by atoms with Crippen LogP contribution in [-0.4, -0.2) is 40.5 Å². The van der Waals surface area contributed by atoms with Crippen LogP contribution in [0.3, 0.4) is 0 Å². The van der Waals surface area contributed by atoms with Gasteiger partial charge < -0.3 is 20.1 Å². The predicted octanol–water partition coefficient (Wildman–Crippen LogP) is 3.60. The van der Waals surface area contributed by atoms with Crippen molar-refractivity contribution < 1.29 is 9.59 Å². The van der Waals surface area contributed by atoms with E-state index in [1.54, 1.807) is 29.2 Å². The lowest BCUT2D eigenvalue weighted by molar-refractivity contribution is -0.118. The van der Waals surface area contributed by atoms with E-state index in [1.165, 1.54) is 0 Å². The Morgan fingerprint density at radius 2 is 1.91 bits per heavy atom. The van der Waals surface area contributed by atoms with Crippen molar-refractivity contribution in [2.45, 2.75) is 45.7 Å². The van der Waals surface area contributed by atoms with E-state index in [9.17, 15) is 14.4 Å². The molecule has 0 saturated carbocycles. The summed E-state index contributed by atoms with van der Waals surface area (Å²) in [5.74, 6) is -0.00928. The fourth-order valence-electron chi connectivity index (χ4n) is 4.76. The number of pyridine rings is 1. The Kier molecular flexibility index (Phi) is 6.29. The molecule has 0 unspecified atom stereocenters. The van der Waals surface area contributed by atoms with Crippen molar-refractivity contribution >= 4 is 29.2 Å². The molecule has 7 nitrogen and oxygen atoms in total. The molecular formula is C24H29ClN4O3. The summed E-state index contributed by atoms with van der Waals surface area (Å²) in [7, 11) is 0. The fourth-order valence-corrected chi connectivity index (χ4v) is 4.93. The van der Waals surface area contributed by atoms with Crippen LogP contribution in [0.4, 0.5) is 10.5 Å². The summed E-state index contributed by atoms with van der Waals surface area (Å²) >= 11 is 6.07. The van der Waals surface area contributed by atoms with Gasteiger partial charge in [-0.1, -0.05) is 37.6 Å². The van der Waals surface area contributed by atoms with Crippen molar-refractivity contribution in [3.63, 3.8) is 0 Å². The molecule has 2 aliphatic rings. The average Bonchev–Trinajstić information content (AvgIpc) is 2.74. The molecule has 3 amide bonds. The lowest BCUT2D eigenvalue weighted by Crippen LogP contribution is -2.56. The van der Waals surface area contributed by atoms with Gasteiger partial charge in [0.2, 0.25) is 5.91 Å². The van der Waals surface area contributed by atoms with Crippen LogP contribution in [0.15, 0.2) is 41.2 Å². The predicted molar refractivity (Wildman–Crippen MR) is 125 cm³/mol. The van der Waals surface area contributed by atoms with Gasteiger partial charge in [-0.15, -0.1) is 0 Å². The zero-order valence-corrected chi connectivity index (χ0v) is 19.4. The lowest BCUT2D eigenvalue weighted by atomic mass is 9.83. The van der Waals surface area contributed by atoms with Gasteiger partial charge in [-0.25, -0.2) is 4.79 Å². The standard InChI is InChI=1S/C24H29ClN4O3/c1-14(2)22(23(31)26-19-10-18(25)8-7-15(19)3)27-24(32)28-11-16-9-17(13-28)20-5-4-6-21(30)29(20)12-16/h4-8,10,14,16-17,22H,9,11-13H2,1-3H3,(H,26,31)(H,27,32)/t16-,17+,22+/m1/s1. The second kappa shape index (κ2) is 8.98. The first-order valence-electron chi connectivity index (χ1n) is 11.0. The quantitative estimate of drug-likeness (QED) is 0.737. The number of amides is 3. The minimum absolute atomic E-state index is 0.0166. The molecule has 32 heavy (non-hydrogen) atoms. The van der Waals surface area contributed by atoms with Crippen molar-refractivity contribution in [1.82, 2.24) is 14.8 Å². The zero-order chi connectivity index (χ0) is 23.0. The van der Waals surface area contributed by atoms with E-state index in [-0.39, 0.29) is 35.3 Å². The molecule has 3 heterocycles. The van der Waals surface area contributed by atoms with Crippen LogP contribution >= 0.6 is 11.6 Å². The van der Waals surface area contributed by atoms with Gasteiger partial charge in [0.05, 0.1) is 0 Å². The van der Waals surface area contributed by atoms with Gasteiger partial charge in [-0.2, -0.15) is 0 Å². The Hall–Kier alpha value is -2.80. The van der Waals surface area contributed by atoms with E-state index in [4.69, 9.17) is 11.6 Å². The summed E-state index contributed by atoms with van der Waals surface area (Å²) in [4.78, 5) is 40.2. The van der Waals surface area contributed by atoms with Crippen molar-refractivity contribution in [2.24, 2.45) is 11.8 Å². The molecule has 2 aliphatic heterocycles. The molecule has 170 valence electrons. The van der Waals surface area contributed by atoms with E-state index in [2.05, 4.69) is 10.6 Å². The van der Waals surface area contributed by atoms with Crippen LogP contribution < -0.4 is 16.2 Å². The molecule has 1 fully saturated rings. The third-order valence-electron chi connectivity index (χ3n) is 6.45. The van der Waals surface area contributed by atoms with Crippen molar-refractivity contribution in [3.8, 4) is 0 Å². The number of aryl methyl sites for hydroxylation is 1. The van der Waals surface area contributed by atoms with E-state index < -0.39 is 6.04 Å². The molecule has 0 aliphatic carbocycles. The minimum Gasteiger partial charge on any atom is -0.326 e. The van der Waals surface area contributed by atoms with Crippen LogP contribution in [-0.2, 0) is 11.3 Å². The topological polar surface area (TPSA) is 83.4 Å². The number of anilines is 1. The lowest BCUT2D eigenvalue weighted by Gasteiger charge is -2.43. The molecule has 3 atom stereocenters. The second-order valence-electron chi connectivity index (χ2n) is 9.22. The number of rotatable bonds is 4. The monoisotopic (exact) mass is 456 g/mol. The van der Waals surface area contributed by atoms with Crippen LogP contribution in [0.5, 0.6) is 0 Å². The molecule has 0 radical (unpaired) electrons. The molecule has 8 heteroatoms. The minimum atomic E-state index is -0.683. The number of carbonyl (C=O) groups is 2. The summed E-state index contributed by atoms with van der Waals surface area (Å²) in [6.07, 6.45) is 0.968. The number of nitrogens with zero attached hydrogens (tertiary/aromatic N) is 2. The maximum atomic E-state index is 13.1. The third kappa shape index (κ3) is 4.53. The smallest absolute Gasteiger partial charge is 0.318 e. The number of fused-ring (bicyclic) bond motifs is 4. The molecule has 1 aromatic heterocycles.